The second kappa shape index (κ2) is 7.42. The van der Waals surface area contributed by atoms with E-state index < -0.39 is 0 Å². The number of hydrogen-bond acceptors (Lipinski definition) is 2. The molecule has 0 aromatic heterocycles. The lowest BCUT2D eigenvalue weighted by Gasteiger charge is -2.36. The van der Waals surface area contributed by atoms with Crippen LogP contribution in [-0.2, 0) is 0 Å². The maximum absolute atomic E-state index is 12.0. The summed E-state index contributed by atoms with van der Waals surface area (Å²) in [5.41, 5.74) is 3.34. The zero-order chi connectivity index (χ0) is 16.1. The van der Waals surface area contributed by atoms with Crippen molar-refractivity contribution in [3.8, 4) is 0 Å². The molecular formula is C20H24N2O. The Morgan fingerprint density at radius 1 is 1.00 bits per heavy atom. The summed E-state index contributed by atoms with van der Waals surface area (Å²) in [6.45, 7) is 3.51. The van der Waals surface area contributed by atoms with E-state index in [1.807, 2.05) is 31.2 Å². The molecule has 0 radical (unpaired) electrons. The molecule has 2 N–H and O–H groups in total. The molecule has 3 heteroatoms. The molecule has 0 heterocycles. The van der Waals surface area contributed by atoms with E-state index in [9.17, 15) is 4.79 Å². The normalized spacial score (nSPS) is 19.9. The van der Waals surface area contributed by atoms with E-state index in [2.05, 4.69) is 41.0 Å². The van der Waals surface area contributed by atoms with E-state index >= 15 is 0 Å². The third-order valence-electron chi connectivity index (χ3n) is 4.57. The Morgan fingerprint density at radius 3 is 2.39 bits per heavy atom. The van der Waals surface area contributed by atoms with Crippen molar-refractivity contribution in [2.45, 2.75) is 31.7 Å². The number of amides is 1. The van der Waals surface area contributed by atoms with Crippen molar-refractivity contribution in [2.24, 2.45) is 0 Å². The first-order valence-corrected chi connectivity index (χ1v) is 8.35. The Hall–Kier alpha value is -2.13. The summed E-state index contributed by atoms with van der Waals surface area (Å²) < 4.78 is 0. The summed E-state index contributed by atoms with van der Waals surface area (Å²) in [7, 11) is 0. The molecule has 0 spiro atoms. The highest BCUT2D eigenvalue weighted by Gasteiger charge is 2.29. The smallest absolute Gasteiger partial charge is 0.251 e. The van der Waals surface area contributed by atoms with Crippen molar-refractivity contribution in [1.82, 2.24) is 10.6 Å². The molecule has 1 amide bonds. The van der Waals surface area contributed by atoms with Gasteiger partial charge in [-0.05, 0) is 43.4 Å². The van der Waals surface area contributed by atoms with Crippen LogP contribution in [0.1, 0.15) is 40.2 Å². The van der Waals surface area contributed by atoms with Crippen LogP contribution in [0.2, 0.25) is 0 Å². The molecule has 3 nitrogen and oxygen atoms in total. The number of nitrogens with one attached hydrogen (secondary N) is 2. The van der Waals surface area contributed by atoms with Crippen molar-refractivity contribution in [2.75, 3.05) is 13.1 Å². The first kappa shape index (κ1) is 15.8. The minimum Gasteiger partial charge on any atom is -0.351 e. The van der Waals surface area contributed by atoms with E-state index in [0.29, 0.717) is 18.5 Å². The number of rotatable bonds is 6. The highest BCUT2D eigenvalue weighted by molar-refractivity contribution is 5.94. The van der Waals surface area contributed by atoms with Gasteiger partial charge >= 0.3 is 0 Å². The Kier molecular flexibility index (Phi) is 5.09. The van der Waals surface area contributed by atoms with Gasteiger partial charge < -0.3 is 10.6 Å². The van der Waals surface area contributed by atoms with Gasteiger partial charge in [0.15, 0.2) is 0 Å². The zero-order valence-corrected chi connectivity index (χ0v) is 13.6. The molecule has 2 aromatic rings. The molecule has 3 rings (SSSR count). The van der Waals surface area contributed by atoms with E-state index in [1.54, 1.807) is 0 Å². The van der Waals surface area contributed by atoms with Crippen LogP contribution in [-0.4, -0.2) is 25.0 Å². The molecule has 120 valence electrons. The fourth-order valence-corrected chi connectivity index (χ4v) is 3.04. The van der Waals surface area contributed by atoms with Crippen molar-refractivity contribution in [3.63, 3.8) is 0 Å². The summed E-state index contributed by atoms with van der Waals surface area (Å²) in [6, 6.07) is 18.9. The lowest BCUT2D eigenvalue weighted by atomic mass is 9.76. The van der Waals surface area contributed by atoms with Gasteiger partial charge in [-0.1, -0.05) is 48.0 Å². The van der Waals surface area contributed by atoms with Gasteiger partial charge in [0.25, 0.3) is 5.91 Å². The van der Waals surface area contributed by atoms with Gasteiger partial charge in [-0.25, -0.2) is 0 Å². The van der Waals surface area contributed by atoms with Gasteiger partial charge in [0, 0.05) is 24.7 Å². The van der Waals surface area contributed by atoms with Gasteiger partial charge in [0.2, 0.25) is 0 Å². The molecule has 0 bridgehead atoms. The van der Waals surface area contributed by atoms with Crippen LogP contribution < -0.4 is 10.6 Å². The summed E-state index contributed by atoms with van der Waals surface area (Å²) >= 11 is 0. The average Bonchev–Trinajstić information content (AvgIpc) is 2.54. The van der Waals surface area contributed by atoms with E-state index in [4.69, 9.17) is 0 Å². The fourth-order valence-electron chi connectivity index (χ4n) is 3.04. The standard InChI is InChI=1S/C20H24N2O/c1-15-7-9-17(10-8-15)20(23)22-12-11-21-19-13-18(14-19)16-5-3-2-4-6-16/h2-10,18-19,21H,11-14H2,1H3,(H,22,23). The Balaban J connectivity index is 1.32. The number of hydrogen-bond donors (Lipinski definition) is 2. The molecule has 1 aliphatic rings. The van der Waals surface area contributed by atoms with Gasteiger partial charge in [-0.2, -0.15) is 0 Å². The third-order valence-corrected chi connectivity index (χ3v) is 4.57. The summed E-state index contributed by atoms with van der Waals surface area (Å²) in [5, 5.41) is 6.48. The molecule has 0 aliphatic heterocycles. The average molecular weight is 308 g/mol. The largest absolute Gasteiger partial charge is 0.351 e. The molecule has 0 unspecified atom stereocenters. The van der Waals surface area contributed by atoms with Crippen LogP contribution in [0, 0.1) is 6.92 Å². The van der Waals surface area contributed by atoms with E-state index in [1.165, 1.54) is 24.0 Å². The maximum atomic E-state index is 12.0. The van der Waals surface area contributed by atoms with Crippen LogP contribution in [0.3, 0.4) is 0 Å². The van der Waals surface area contributed by atoms with Gasteiger partial charge in [-0.15, -0.1) is 0 Å². The Bertz CT molecular complexity index is 630. The van der Waals surface area contributed by atoms with Gasteiger partial charge in [-0.3, -0.25) is 4.79 Å². The van der Waals surface area contributed by atoms with Crippen LogP contribution in [0.15, 0.2) is 54.6 Å². The quantitative estimate of drug-likeness (QED) is 0.804. The number of carbonyl (C=O) groups is 1. The van der Waals surface area contributed by atoms with E-state index in [0.717, 1.165) is 12.1 Å². The van der Waals surface area contributed by atoms with Crippen LogP contribution in [0.4, 0.5) is 0 Å². The Labute approximate surface area is 138 Å². The third kappa shape index (κ3) is 4.20. The molecule has 1 saturated carbocycles. The first-order chi connectivity index (χ1) is 11.2. The van der Waals surface area contributed by atoms with Crippen LogP contribution in [0.25, 0.3) is 0 Å². The topological polar surface area (TPSA) is 41.1 Å². The van der Waals surface area contributed by atoms with Gasteiger partial charge in [0.1, 0.15) is 0 Å². The van der Waals surface area contributed by atoms with Crippen molar-refractivity contribution < 1.29 is 4.79 Å². The molecular weight excluding hydrogens is 284 g/mol. The second-order valence-corrected chi connectivity index (χ2v) is 6.35. The minimum absolute atomic E-state index is 0.00238. The summed E-state index contributed by atoms with van der Waals surface area (Å²) in [6.07, 6.45) is 2.38. The highest BCUT2D eigenvalue weighted by atomic mass is 16.1. The summed E-state index contributed by atoms with van der Waals surface area (Å²) in [4.78, 5) is 12.0. The highest BCUT2D eigenvalue weighted by Crippen LogP contribution is 2.36. The minimum atomic E-state index is 0.00238. The monoisotopic (exact) mass is 308 g/mol. The number of carbonyl (C=O) groups excluding carboxylic acids is 1. The van der Waals surface area contributed by atoms with Gasteiger partial charge in [0.05, 0.1) is 0 Å². The predicted octanol–water partition coefficient (Wildman–Crippen LogP) is 3.26. The molecule has 1 aliphatic carbocycles. The van der Waals surface area contributed by atoms with Crippen LogP contribution in [0.5, 0.6) is 0 Å². The lowest BCUT2D eigenvalue weighted by Crippen LogP contribution is -2.43. The van der Waals surface area contributed by atoms with Crippen molar-refractivity contribution in [1.29, 1.82) is 0 Å². The van der Waals surface area contributed by atoms with Crippen LogP contribution >= 0.6 is 0 Å². The fraction of sp³-hybridized carbons (Fsp3) is 0.350. The molecule has 23 heavy (non-hydrogen) atoms. The first-order valence-electron chi connectivity index (χ1n) is 8.35. The second-order valence-electron chi connectivity index (χ2n) is 6.35. The number of benzene rings is 2. The molecule has 0 atom stereocenters. The zero-order valence-electron chi connectivity index (χ0n) is 13.6. The SMILES string of the molecule is Cc1ccc(C(=O)NCCNC2CC(c3ccccc3)C2)cc1. The molecule has 2 aromatic carbocycles. The summed E-state index contributed by atoms with van der Waals surface area (Å²) in [5.74, 6) is 0.693. The Morgan fingerprint density at radius 2 is 1.70 bits per heavy atom. The molecule has 0 saturated heterocycles. The lowest BCUT2D eigenvalue weighted by molar-refractivity contribution is 0.0953. The van der Waals surface area contributed by atoms with E-state index in [-0.39, 0.29) is 5.91 Å². The van der Waals surface area contributed by atoms with Crippen molar-refractivity contribution in [3.05, 3.63) is 71.3 Å². The van der Waals surface area contributed by atoms with Crippen molar-refractivity contribution >= 4 is 5.91 Å². The predicted molar refractivity (Wildman–Crippen MR) is 93.7 cm³/mol. The maximum Gasteiger partial charge on any atom is 0.251 e. The molecule has 1 fully saturated rings. The number of aryl methyl sites for hydroxylation is 1.